The van der Waals surface area contributed by atoms with E-state index in [9.17, 15) is 4.79 Å². The number of carbonyl (C=O) groups excluding carboxylic acids is 1. The van der Waals surface area contributed by atoms with E-state index in [1.807, 2.05) is 19.9 Å². The maximum Gasteiger partial charge on any atom is 0.164 e. The minimum Gasteiger partial charge on any atom is -0.294 e. The lowest BCUT2D eigenvalue weighted by Crippen LogP contribution is -2.12. The molecule has 3 nitrogen and oxygen atoms in total. The molecule has 0 aromatic carbocycles. The fourth-order valence-corrected chi connectivity index (χ4v) is 2.96. The molecule has 1 aliphatic carbocycles. The van der Waals surface area contributed by atoms with Crippen molar-refractivity contribution in [3.05, 3.63) is 23.0 Å². The zero-order chi connectivity index (χ0) is 13.7. The van der Waals surface area contributed by atoms with E-state index >= 15 is 0 Å². The second-order valence-electron chi connectivity index (χ2n) is 5.67. The molecular weight excluding hydrogens is 236 g/mol. The molecule has 1 aromatic rings. The van der Waals surface area contributed by atoms with E-state index in [1.165, 1.54) is 32.1 Å². The number of ketones is 1. The fraction of sp³-hybridized carbons (Fsp3) is 0.688. The predicted molar refractivity (Wildman–Crippen MR) is 76.3 cm³/mol. The highest BCUT2D eigenvalue weighted by atomic mass is 16.1. The summed E-state index contributed by atoms with van der Waals surface area (Å²) in [4.78, 5) is 12.4. The molecule has 2 rings (SSSR count). The van der Waals surface area contributed by atoms with Crippen molar-refractivity contribution in [2.24, 2.45) is 5.92 Å². The van der Waals surface area contributed by atoms with E-state index in [2.05, 4.69) is 10.2 Å². The summed E-state index contributed by atoms with van der Waals surface area (Å²) in [6.45, 7) is 3.92. The van der Waals surface area contributed by atoms with E-state index in [-0.39, 0.29) is 5.78 Å². The summed E-state index contributed by atoms with van der Waals surface area (Å²) in [5.41, 5.74) is 2.48. The van der Waals surface area contributed by atoms with Gasteiger partial charge in [0.1, 0.15) is 0 Å². The first-order valence-corrected chi connectivity index (χ1v) is 7.57. The molecule has 0 bridgehead atoms. The summed E-state index contributed by atoms with van der Waals surface area (Å²) in [5, 5.41) is 8.18. The first kappa shape index (κ1) is 14.2. The molecule has 104 valence electrons. The second kappa shape index (κ2) is 6.78. The molecule has 0 aliphatic heterocycles. The third-order valence-corrected chi connectivity index (χ3v) is 4.13. The van der Waals surface area contributed by atoms with Crippen LogP contribution in [-0.2, 0) is 6.42 Å². The molecule has 0 saturated heterocycles. The van der Waals surface area contributed by atoms with Crippen LogP contribution in [0.3, 0.4) is 0 Å². The van der Waals surface area contributed by atoms with Crippen LogP contribution in [0.15, 0.2) is 6.07 Å². The number of aromatic nitrogens is 2. The molecule has 0 amide bonds. The highest BCUT2D eigenvalue weighted by Gasteiger charge is 2.17. The van der Waals surface area contributed by atoms with E-state index < -0.39 is 0 Å². The van der Waals surface area contributed by atoms with Gasteiger partial charge in [0.25, 0.3) is 0 Å². The lowest BCUT2D eigenvalue weighted by molar-refractivity contribution is 0.0968. The predicted octanol–water partition coefficient (Wildman–Crippen LogP) is 3.89. The number of carbonyl (C=O) groups is 1. The van der Waals surface area contributed by atoms with Crippen molar-refractivity contribution < 1.29 is 4.79 Å². The molecule has 0 spiro atoms. The quantitative estimate of drug-likeness (QED) is 0.754. The van der Waals surface area contributed by atoms with E-state index in [1.54, 1.807) is 0 Å². The third-order valence-electron chi connectivity index (χ3n) is 4.13. The Morgan fingerprint density at radius 3 is 2.68 bits per heavy atom. The van der Waals surface area contributed by atoms with Gasteiger partial charge in [0.2, 0.25) is 0 Å². The zero-order valence-corrected chi connectivity index (χ0v) is 12.1. The van der Waals surface area contributed by atoms with Crippen LogP contribution >= 0.6 is 0 Å². The van der Waals surface area contributed by atoms with Crippen molar-refractivity contribution in [3.63, 3.8) is 0 Å². The Morgan fingerprint density at radius 1 is 1.26 bits per heavy atom. The zero-order valence-electron chi connectivity index (χ0n) is 12.1. The maximum absolute atomic E-state index is 12.4. The largest absolute Gasteiger partial charge is 0.294 e. The first-order chi connectivity index (χ1) is 9.20. The van der Waals surface area contributed by atoms with Crippen LogP contribution in [-0.4, -0.2) is 16.0 Å². The van der Waals surface area contributed by atoms with Gasteiger partial charge in [-0.05, 0) is 31.7 Å². The summed E-state index contributed by atoms with van der Waals surface area (Å²) in [6, 6.07) is 1.90. The first-order valence-electron chi connectivity index (χ1n) is 7.57. The van der Waals surface area contributed by atoms with Crippen molar-refractivity contribution in [1.29, 1.82) is 0 Å². The Hall–Kier alpha value is -1.25. The maximum atomic E-state index is 12.4. The van der Waals surface area contributed by atoms with Gasteiger partial charge in [-0.15, -0.1) is 0 Å². The highest BCUT2D eigenvalue weighted by Crippen LogP contribution is 2.28. The molecule has 1 aliphatic rings. The molecule has 1 fully saturated rings. The molecular formula is C16H24N2O. The molecule has 19 heavy (non-hydrogen) atoms. The highest BCUT2D eigenvalue weighted by molar-refractivity contribution is 5.97. The Morgan fingerprint density at radius 2 is 2.00 bits per heavy atom. The van der Waals surface area contributed by atoms with Gasteiger partial charge < -0.3 is 0 Å². The van der Waals surface area contributed by atoms with Crippen LogP contribution in [0, 0.1) is 12.8 Å². The lowest BCUT2D eigenvalue weighted by atomic mass is 9.85. The lowest BCUT2D eigenvalue weighted by Gasteiger charge is -2.21. The molecule has 3 heteroatoms. The van der Waals surface area contributed by atoms with Crippen molar-refractivity contribution in [2.45, 2.75) is 65.2 Å². The van der Waals surface area contributed by atoms with Gasteiger partial charge in [-0.1, -0.05) is 39.0 Å². The second-order valence-corrected chi connectivity index (χ2v) is 5.67. The number of hydrogen-bond acceptors (Lipinski definition) is 3. The summed E-state index contributed by atoms with van der Waals surface area (Å²) in [6.07, 6.45) is 9.16. The SMILES string of the molecule is CCc1nnc(C)cc1C(=O)CCC1CCCCC1. The summed E-state index contributed by atoms with van der Waals surface area (Å²) in [7, 11) is 0. The van der Waals surface area contributed by atoms with Crippen LogP contribution in [0.5, 0.6) is 0 Å². The Balaban J connectivity index is 1.97. The third kappa shape index (κ3) is 3.85. The van der Waals surface area contributed by atoms with Gasteiger partial charge >= 0.3 is 0 Å². The standard InChI is InChI=1S/C16H24N2O/c1-3-15-14(11-12(2)17-18-15)16(19)10-9-13-7-5-4-6-8-13/h11,13H,3-10H2,1-2H3. The molecule has 0 atom stereocenters. The molecule has 1 heterocycles. The topological polar surface area (TPSA) is 42.9 Å². The Kier molecular flexibility index (Phi) is 5.06. The number of hydrogen-bond donors (Lipinski definition) is 0. The average Bonchev–Trinajstić information content (AvgIpc) is 2.46. The van der Waals surface area contributed by atoms with Crippen molar-refractivity contribution in [2.75, 3.05) is 0 Å². The van der Waals surface area contributed by atoms with E-state index in [0.717, 1.165) is 35.7 Å². The Labute approximate surface area is 115 Å². The molecule has 1 saturated carbocycles. The Bertz CT molecular complexity index is 436. The number of Topliss-reactive ketones (excluding diaryl/α,β-unsaturated/α-hetero) is 1. The van der Waals surface area contributed by atoms with Gasteiger partial charge in [0.05, 0.1) is 11.4 Å². The van der Waals surface area contributed by atoms with Crippen molar-refractivity contribution in [3.8, 4) is 0 Å². The van der Waals surface area contributed by atoms with E-state index in [4.69, 9.17) is 0 Å². The van der Waals surface area contributed by atoms with Crippen LogP contribution in [0.25, 0.3) is 0 Å². The number of rotatable bonds is 5. The smallest absolute Gasteiger partial charge is 0.164 e. The summed E-state index contributed by atoms with van der Waals surface area (Å²) in [5.74, 6) is 1.01. The van der Waals surface area contributed by atoms with Crippen molar-refractivity contribution in [1.82, 2.24) is 10.2 Å². The number of aryl methyl sites for hydroxylation is 2. The van der Waals surface area contributed by atoms with Crippen LogP contribution in [0.4, 0.5) is 0 Å². The minimum atomic E-state index is 0.250. The molecule has 0 unspecified atom stereocenters. The van der Waals surface area contributed by atoms with Crippen molar-refractivity contribution >= 4 is 5.78 Å². The molecule has 1 aromatic heterocycles. The fourth-order valence-electron chi connectivity index (χ4n) is 2.96. The molecule has 0 radical (unpaired) electrons. The monoisotopic (exact) mass is 260 g/mol. The van der Waals surface area contributed by atoms with E-state index in [0.29, 0.717) is 6.42 Å². The molecule has 0 N–H and O–H groups in total. The van der Waals surface area contributed by atoms with Crippen LogP contribution in [0.2, 0.25) is 0 Å². The van der Waals surface area contributed by atoms with Gasteiger partial charge in [-0.2, -0.15) is 10.2 Å². The number of nitrogens with zero attached hydrogens (tertiary/aromatic N) is 2. The van der Waals surface area contributed by atoms with Gasteiger partial charge in [-0.3, -0.25) is 4.79 Å². The van der Waals surface area contributed by atoms with Gasteiger partial charge in [0, 0.05) is 12.0 Å². The van der Waals surface area contributed by atoms with Gasteiger partial charge in [-0.25, -0.2) is 0 Å². The normalized spacial score (nSPS) is 16.5. The van der Waals surface area contributed by atoms with Crippen LogP contribution < -0.4 is 0 Å². The summed E-state index contributed by atoms with van der Waals surface area (Å²) >= 11 is 0. The average molecular weight is 260 g/mol. The minimum absolute atomic E-state index is 0.250. The van der Waals surface area contributed by atoms with Crippen LogP contribution in [0.1, 0.15) is 73.6 Å². The van der Waals surface area contributed by atoms with Gasteiger partial charge in [0.15, 0.2) is 5.78 Å². The summed E-state index contributed by atoms with van der Waals surface area (Å²) < 4.78 is 0.